The minimum absolute atomic E-state index is 0.0149. The molecule has 1 aliphatic carbocycles. The molecule has 0 spiro atoms. The van der Waals surface area contributed by atoms with Gasteiger partial charge in [-0.3, -0.25) is 0 Å². The number of aliphatic carboxylic acids is 1. The zero-order chi connectivity index (χ0) is 34.2. The number of ether oxygens (including phenoxy) is 2. The maximum atomic E-state index is 16.0. The highest BCUT2D eigenvalue weighted by Crippen LogP contribution is 2.49. The first-order chi connectivity index (χ1) is 22.9. The molecule has 0 bridgehead atoms. The van der Waals surface area contributed by atoms with Crippen LogP contribution in [-0.2, 0) is 4.79 Å². The van der Waals surface area contributed by atoms with Crippen molar-refractivity contribution in [2.24, 2.45) is 16.3 Å². The SMILES string of the molecule is CCOc1cccc(-c2cc(F)c(NC3(Nc4cc(C)c(-c5cccc(OC)c5)cc4F)N=CC(C)(C4CC4)C=C3C(=O)O)cc2F)c1. The summed E-state index contributed by atoms with van der Waals surface area (Å²) in [6.07, 6.45) is 4.96. The van der Waals surface area contributed by atoms with Crippen molar-refractivity contribution in [2.75, 3.05) is 24.4 Å². The molecule has 2 aliphatic rings. The molecule has 1 saturated carbocycles. The average Bonchev–Trinajstić information content (AvgIpc) is 3.92. The van der Waals surface area contributed by atoms with Crippen LogP contribution in [0.3, 0.4) is 0 Å². The number of hydrogen-bond acceptors (Lipinski definition) is 6. The summed E-state index contributed by atoms with van der Waals surface area (Å²) in [5, 5.41) is 16.3. The van der Waals surface area contributed by atoms with Gasteiger partial charge < -0.3 is 25.2 Å². The van der Waals surface area contributed by atoms with Crippen LogP contribution in [0.25, 0.3) is 22.3 Å². The zero-order valence-corrected chi connectivity index (χ0v) is 27.0. The third kappa shape index (κ3) is 6.34. The number of allylic oxidation sites excluding steroid dienone is 1. The van der Waals surface area contributed by atoms with Gasteiger partial charge in [-0.05, 0) is 97.3 Å². The van der Waals surface area contributed by atoms with Crippen molar-refractivity contribution in [1.29, 1.82) is 0 Å². The van der Waals surface area contributed by atoms with Crippen molar-refractivity contribution in [2.45, 2.75) is 39.4 Å². The van der Waals surface area contributed by atoms with Crippen LogP contribution in [0.2, 0.25) is 0 Å². The standard InChI is InChI=1S/C38H36F3N3O4/c1-5-48-27-11-7-9-24(16-27)29-18-33(41)35(19-31(29)39)44-38(30(36(45)46)20-37(3,21-42-38)25-12-13-25)43-34-14-22(2)28(17-32(34)40)23-8-6-10-26(15-23)47-4/h6-11,14-21,25,43-44H,5,12-13H2,1-4H3,(H,45,46). The van der Waals surface area contributed by atoms with Gasteiger partial charge in [0, 0.05) is 23.3 Å². The molecule has 4 aromatic carbocycles. The molecule has 3 N–H and O–H groups in total. The molecule has 1 fully saturated rings. The Morgan fingerprint density at radius 2 is 1.50 bits per heavy atom. The second-order valence-corrected chi connectivity index (χ2v) is 12.4. The van der Waals surface area contributed by atoms with E-state index in [1.165, 1.54) is 12.1 Å². The Morgan fingerprint density at radius 3 is 2.12 bits per heavy atom. The molecule has 0 aromatic heterocycles. The van der Waals surface area contributed by atoms with Crippen molar-refractivity contribution in [1.82, 2.24) is 0 Å². The van der Waals surface area contributed by atoms with E-state index in [9.17, 15) is 9.90 Å². The Morgan fingerprint density at radius 1 is 0.896 bits per heavy atom. The van der Waals surface area contributed by atoms with Gasteiger partial charge in [-0.15, -0.1) is 0 Å². The molecule has 248 valence electrons. The van der Waals surface area contributed by atoms with Crippen molar-refractivity contribution in [3.63, 3.8) is 0 Å². The zero-order valence-electron chi connectivity index (χ0n) is 27.0. The number of anilines is 2. The summed E-state index contributed by atoms with van der Waals surface area (Å²) in [5.41, 5.74) is 0.944. The van der Waals surface area contributed by atoms with Gasteiger partial charge in [-0.25, -0.2) is 23.0 Å². The van der Waals surface area contributed by atoms with E-state index in [2.05, 4.69) is 15.6 Å². The fraction of sp³-hybridized carbons (Fsp3) is 0.263. The second-order valence-electron chi connectivity index (χ2n) is 12.4. The van der Waals surface area contributed by atoms with Gasteiger partial charge in [-0.2, -0.15) is 0 Å². The number of carboxylic acids is 1. The number of carboxylic acid groups (broad SMARTS) is 1. The van der Waals surface area contributed by atoms with Crippen LogP contribution in [0.4, 0.5) is 24.5 Å². The maximum absolute atomic E-state index is 16.0. The second kappa shape index (κ2) is 12.7. The molecule has 2 atom stereocenters. The number of hydrogen-bond donors (Lipinski definition) is 3. The number of nitrogens with one attached hydrogen (secondary N) is 2. The topological polar surface area (TPSA) is 92.2 Å². The van der Waals surface area contributed by atoms with Crippen LogP contribution in [-0.4, -0.2) is 36.8 Å². The number of nitrogens with zero attached hydrogens (tertiary/aromatic N) is 1. The van der Waals surface area contributed by atoms with Crippen LogP contribution >= 0.6 is 0 Å². The largest absolute Gasteiger partial charge is 0.497 e. The molecule has 0 amide bonds. The van der Waals surface area contributed by atoms with Gasteiger partial charge in [0.15, 0.2) is 0 Å². The Bertz CT molecular complexity index is 1960. The minimum Gasteiger partial charge on any atom is -0.497 e. The lowest BCUT2D eigenvalue weighted by Crippen LogP contribution is -2.52. The molecule has 7 nitrogen and oxygen atoms in total. The quantitative estimate of drug-likeness (QED) is 0.140. The van der Waals surface area contributed by atoms with E-state index in [0.29, 0.717) is 34.8 Å². The Labute approximate surface area is 277 Å². The summed E-state index contributed by atoms with van der Waals surface area (Å²) in [4.78, 5) is 17.5. The highest BCUT2D eigenvalue weighted by Gasteiger charge is 2.49. The lowest BCUT2D eigenvalue weighted by atomic mass is 9.80. The van der Waals surface area contributed by atoms with E-state index in [1.807, 2.05) is 19.9 Å². The van der Waals surface area contributed by atoms with Crippen molar-refractivity contribution < 1.29 is 32.5 Å². The summed E-state index contributed by atoms with van der Waals surface area (Å²) in [5.74, 6) is -4.51. The van der Waals surface area contributed by atoms with E-state index in [4.69, 9.17) is 9.47 Å². The van der Waals surface area contributed by atoms with E-state index in [-0.39, 0.29) is 28.4 Å². The molecular weight excluding hydrogens is 619 g/mol. The minimum atomic E-state index is -2.10. The third-order valence-corrected chi connectivity index (χ3v) is 8.91. The predicted molar refractivity (Wildman–Crippen MR) is 181 cm³/mol. The van der Waals surface area contributed by atoms with Crippen LogP contribution in [0.15, 0.2) is 89.4 Å². The summed E-state index contributed by atoms with van der Waals surface area (Å²) >= 11 is 0. The molecule has 1 aliphatic heterocycles. The lowest BCUT2D eigenvalue weighted by molar-refractivity contribution is -0.133. The number of carbonyl (C=O) groups is 1. The number of methoxy groups -OCH3 is 1. The van der Waals surface area contributed by atoms with E-state index < -0.39 is 34.6 Å². The number of dihydropyridines is 1. The van der Waals surface area contributed by atoms with Crippen LogP contribution in [0.1, 0.15) is 32.3 Å². The van der Waals surface area contributed by atoms with Gasteiger partial charge in [0.05, 0.1) is 25.1 Å². The van der Waals surface area contributed by atoms with Crippen molar-refractivity contribution in [3.05, 3.63) is 107 Å². The van der Waals surface area contributed by atoms with Gasteiger partial charge >= 0.3 is 5.97 Å². The highest BCUT2D eigenvalue weighted by atomic mass is 19.1. The van der Waals surface area contributed by atoms with Crippen molar-refractivity contribution in [3.8, 4) is 33.8 Å². The molecule has 48 heavy (non-hydrogen) atoms. The monoisotopic (exact) mass is 655 g/mol. The van der Waals surface area contributed by atoms with Crippen LogP contribution < -0.4 is 20.1 Å². The number of rotatable bonds is 11. The first-order valence-electron chi connectivity index (χ1n) is 15.7. The summed E-state index contributed by atoms with van der Waals surface area (Å²) in [6.45, 7) is 5.89. The molecule has 0 saturated heterocycles. The number of benzene rings is 4. The van der Waals surface area contributed by atoms with Crippen LogP contribution in [0.5, 0.6) is 11.5 Å². The van der Waals surface area contributed by atoms with Gasteiger partial charge in [0.25, 0.3) is 0 Å². The maximum Gasteiger partial charge on any atom is 0.337 e. The van der Waals surface area contributed by atoms with Gasteiger partial charge in [-0.1, -0.05) is 37.3 Å². The Balaban J connectivity index is 1.43. The normalized spacial score (nSPS) is 20.2. The fourth-order valence-corrected chi connectivity index (χ4v) is 6.19. The lowest BCUT2D eigenvalue weighted by Gasteiger charge is -2.40. The number of aliphatic imine (C=N–C) groups is 1. The summed E-state index contributed by atoms with van der Waals surface area (Å²) in [6, 6.07) is 18.6. The molecule has 0 radical (unpaired) electrons. The molecule has 6 rings (SSSR count). The van der Waals surface area contributed by atoms with E-state index in [1.54, 1.807) is 68.8 Å². The Kier molecular flexibility index (Phi) is 8.68. The van der Waals surface area contributed by atoms with E-state index >= 15 is 13.2 Å². The first-order valence-corrected chi connectivity index (χ1v) is 15.7. The van der Waals surface area contributed by atoms with Gasteiger partial charge in [0.1, 0.15) is 34.5 Å². The third-order valence-electron chi connectivity index (χ3n) is 8.91. The fourth-order valence-electron chi connectivity index (χ4n) is 6.19. The molecule has 1 heterocycles. The molecule has 10 heteroatoms. The van der Waals surface area contributed by atoms with E-state index in [0.717, 1.165) is 30.5 Å². The van der Waals surface area contributed by atoms with Crippen LogP contribution in [0, 0.1) is 35.7 Å². The summed E-state index contributed by atoms with van der Waals surface area (Å²) < 4.78 is 58.4. The predicted octanol–water partition coefficient (Wildman–Crippen LogP) is 8.84. The molecule has 4 aromatic rings. The number of halogens is 3. The van der Waals surface area contributed by atoms with Gasteiger partial charge in [0.2, 0.25) is 5.79 Å². The molecule has 2 unspecified atom stereocenters. The number of aryl methyl sites for hydroxylation is 1. The average molecular weight is 656 g/mol. The first kappa shape index (κ1) is 32.7. The Hall–Kier alpha value is -5.25. The van der Waals surface area contributed by atoms with Crippen molar-refractivity contribution >= 4 is 23.6 Å². The summed E-state index contributed by atoms with van der Waals surface area (Å²) in [7, 11) is 1.54. The molecular formula is C38H36F3N3O4. The highest BCUT2D eigenvalue weighted by molar-refractivity contribution is 5.95. The smallest absolute Gasteiger partial charge is 0.337 e.